The number of carbonyl (C=O) groups excluding carboxylic acids is 1. The minimum Gasteiger partial charge on any atom is -0.366 e. The van der Waals surface area contributed by atoms with Crippen LogP contribution in [0.3, 0.4) is 0 Å². The molecule has 0 spiro atoms. The van der Waals surface area contributed by atoms with Crippen molar-refractivity contribution in [1.29, 1.82) is 0 Å². The average molecular weight is 443 g/mol. The van der Waals surface area contributed by atoms with Gasteiger partial charge in [0.15, 0.2) is 5.11 Å². The summed E-state index contributed by atoms with van der Waals surface area (Å²) in [5.41, 5.74) is 1.83. The highest BCUT2D eigenvalue weighted by Gasteiger charge is 2.24. The van der Waals surface area contributed by atoms with Crippen molar-refractivity contribution in [3.05, 3.63) is 67.3 Å². The maximum atomic E-state index is 12.6. The summed E-state index contributed by atoms with van der Waals surface area (Å²) in [6.45, 7) is 4.96. The Bertz CT molecular complexity index is 1080. The summed E-state index contributed by atoms with van der Waals surface area (Å²) in [6, 6.07) is 7.26. The first-order valence-electron chi connectivity index (χ1n) is 9.59. The van der Waals surface area contributed by atoms with E-state index < -0.39 is 15.8 Å². The highest BCUT2D eigenvalue weighted by atomic mass is 32.1. The molecule has 0 aromatic heterocycles. The van der Waals surface area contributed by atoms with E-state index in [-0.39, 0.29) is 27.7 Å². The number of aryl methyl sites for hydroxylation is 1. The van der Waals surface area contributed by atoms with Crippen LogP contribution >= 0.6 is 12.2 Å². The van der Waals surface area contributed by atoms with Crippen LogP contribution in [-0.2, 0) is 0 Å². The number of benzene rings is 2. The van der Waals surface area contributed by atoms with Crippen molar-refractivity contribution in [3.63, 3.8) is 0 Å². The second-order valence-electron chi connectivity index (χ2n) is 7.22. The van der Waals surface area contributed by atoms with Gasteiger partial charge in [0.25, 0.3) is 17.3 Å². The molecule has 1 saturated heterocycles. The van der Waals surface area contributed by atoms with E-state index in [4.69, 9.17) is 12.2 Å². The molecular formula is C20H21N5O5S. The van der Waals surface area contributed by atoms with E-state index in [2.05, 4.69) is 10.6 Å². The third-order valence-electron chi connectivity index (χ3n) is 5.26. The zero-order chi connectivity index (χ0) is 22.7. The van der Waals surface area contributed by atoms with Crippen molar-refractivity contribution < 1.29 is 14.6 Å². The maximum Gasteiger partial charge on any atom is 0.293 e. The van der Waals surface area contributed by atoms with Gasteiger partial charge in [-0.1, -0.05) is 6.07 Å². The van der Waals surface area contributed by atoms with Gasteiger partial charge < -0.3 is 10.2 Å². The molecule has 2 aromatic carbocycles. The first-order valence-corrected chi connectivity index (χ1v) is 10.00. The van der Waals surface area contributed by atoms with Gasteiger partial charge in [-0.2, -0.15) is 0 Å². The van der Waals surface area contributed by atoms with Gasteiger partial charge in [-0.05, 0) is 62.2 Å². The molecule has 1 amide bonds. The van der Waals surface area contributed by atoms with Crippen LogP contribution in [0.5, 0.6) is 0 Å². The number of thiocarbonyl (C=S) groups is 1. The predicted octanol–water partition coefficient (Wildman–Crippen LogP) is 3.85. The quantitative estimate of drug-likeness (QED) is 0.405. The van der Waals surface area contributed by atoms with Crippen LogP contribution in [0.4, 0.5) is 22.7 Å². The molecular weight excluding hydrogens is 422 g/mol. The Hall–Kier alpha value is -3.60. The van der Waals surface area contributed by atoms with Gasteiger partial charge in [0.05, 0.1) is 9.85 Å². The molecule has 10 nitrogen and oxygen atoms in total. The van der Waals surface area contributed by atoms with Crippen molar-refractivity contribution in [3.8, 4) is 0 Å². The number of nitrogens with one attached hydrogen (secondary N) is 2. The van der Waals surface area contributed by atoms with E-state index in [1.54, 1.807) is 26.0 Å². The minimum atomic E-state index is -0.651. The first-order chi connectivity index (χ1) is 14.7. The number of carbonyl (C=O) groups is 1. The first kappa shape index (κ1) is 22.1. The van der Waals surface area contributed by atoms with Crippen molar-refractivity contribution in [2.75, 3.05) is 23.3 Å². The monoisotopic (exact) mass is 443 g/mol. The SMILES string of the molecule is Cc1ccc([N+](=O)[O-])c(NC(=S)NC(=O)c2ccc(N3CCCC3)c([N+](=O)[O-])c2)c1C. The third-order valence-corrected chi connectivity index (χ3v) is 5.46. The second kappa shape index (κ2) is 9.04. The van der Waals surface area contributed by atoms with Gasteiger partial charge in [0.2, 0.25) is 0 Å². The number of anilines is 2. The molecule has 1 aliphatic rings. The average Bonchev–Trinajstić information content (AvgIpc) is 3.25. The smallest absolute Gasteiger partial charge is 0.293 e. The molecule has 0 atom stereocenters. The van der Waals surface area contributed by atoms with Crippen LogP contribution in [0.15, 0.2) is 30.3 Å². The van der Waals surface area contributed by atoms with Crippen molar-refractivity contribution in [2.45, 2.75) is 26.7 Å². The molecule has 1 heterocycles. The molecule has 3 rings (SSSR count). The molecule has 2 aromatic rings. The molecule has 31 heavy (non-hydrogen) atoms. The number of nitro groups is 2. The van der Waals surface area contributed by atoms with Gasteiger partial charge in [0.1, 0.15) is 11.4 Å². The molecule has 162 valence electrons. The minimum absolute atomic E-state index is 0.0641. The second-order valence-corrected chi connectivity index (χ2v) is 7.63. The Morgan fingerprint density at radius 2 is 1.68 bits per heavy atom. The van der Waals surface area contributed by atoms with Crippen LogP contribution in [-0.4, -0.2) is 34.0 Å². The summed E-state index contributed by atoms with van der Waals surface area (Å²) in [5.74, 6) is -0.651. The van der Waals surface area contributed by atoms with Crippen molar-refractivity contribution >= 4 is 46.0 Å². The summed E-state index contributed by atoms with van der Waals surface area (Å²) in [6.07, 6.45) is 1.92. The third kappa shape index (κ3) is 4.77. The Labute approximate surface area is 183 Å². The molecule has 2 N–H and O–H groups in total. The van der Waals surface area contributed by atoms with Crippen LogP contribution in [0.25, 0.3) is 0 Å². The molecule has 1 fully saturated rings. The fourth-order valence-electron chi connectivity index (χ4n) is 3.47. The number of hydrogen-bond acceptors (Lipinski definition) is 7. The lowest BCUT2D eigenvalue weighted by atomic mass is 10.1. The summed E-state index contributed by atoms with van der Waals surface area (Å²) in [7, 11) is 0. The molecule has 0 saturated carbocycles. The van der Waals surface area contributed by atoms with Gasteiger partial charge >= 0.3 is 0 Å². The summed E-state index contributed by atoms with van der Waals surface area (Å²) < 4.78 is 0. The van der Waals surface area contributed by atoms with Gasteiger partial charge in [0, 0.05) is 30.8 Å². The zero-order valence-electron chi connectivity index (χ0n) is 17.0. The van der Waals surface area contributed by atoms with Gasteiger partial charge in [-0.25, -0.2) is 0 Å². The molecule has 0 bridgehead atoms. The van der Waals surface area contributed by atoms with E-state index in [1.165, 1.54) is 18.2 Å². The summed E-state index contributed by atoms with van der Waals surface area (Å²) in [4.78, 5) is 36.3. The van der Waals surface area contributed by atoms with Crippen molar-refractivity contribution in [2.24, 2.45) is 0 Å². The molecule has 0 unspecified atom stereocenters. The maximum absolute atomic E-state index is 12.6. The Kier molecular flexibility index (Phi) is 6.44. The fourth-order valence-corrected chi connectivity index (χ4v) is 3.66. The highest BCUT2D eigenvalue weighted by molar-refractivity contribution is 7.80. The Balaban J connectivity index is 1.80. The number of nitro benzene ring substituents is 2. The summed E-state index contributed by atoms with van der Waals surface area (Å²) in [5, 5.41) is 27.9. The number of amides is 1. The zero-order valence-corrected chi connectivity index (χ0v) is 17.8. The van der Waals surface area contributed by atoms with E-state index in [9.17, 15) is 25.0 Å². The highest BCUT2D eigenvalue weighted by Crippen LogP contribution is 2.32. The predicted molar refractivity (Wildman–Crippen MR) is 121 cm³/mol. The number of nitrogens with zero attached hydrogens (tertiary/aromatic N) is 3. The number of hydrogen-bond donors (Lipinski definition) is 2. The van der Waals surface area contributed by atoms with Gasteiger partial charge in [-0.15, -0.1) is 0 Å². The van der Waals surface area contributed by atoms with Crippen LogP contribution < -0.4 is 15.5 Å². The number of rotatable bonds is 5. The lowest BCUT2D eigenvalue weighted by Gasteiger charge is -2.18. The molecule has 0 radical (unpaired) electrons. The summed E-state index contributed by atoms with van der Waals surface area (Å²) >= 11 is 5.15. The van der Waals surface area contributed by atoms with E-state index >= 15 is 0 Å². The topological polar surface area (TPSA) is 131 Å². The van der Waals surface area contributed by atoms with Crippen LogP contribution in [0.1, 0.15) is 34.3 Å². The van der Waals surface area contributed by atoms with Crippen LogP contribution in [0, 0.1) is 34.1 Å². The lowest BCUT2D eigenvalue weighted by molar-refractivity contribution is -0.384. The normalized spacial score (nSPS) is 13.0. The van der Waals surface area contributed by atoms with Gasteiger partial charge in [-0.3, -0.25) is 30.3 Å². The Morgan fingerprint density at radius 1 is 1.03 bits per heavy atom. The van der Waals surface area contributed by atoms with E-state index in [1.807, 2.05) is 4.90 Å². The molecule has 1 aliphatic heterocycles. The molecule has 11 heteroatoms. The Morgan fingerprint density at radius 3 is 2.29 bits per heavy atom. The van der Waals surface area contributed by atoms with Crippen LogP contribution in [0.2, 0.25) is 0 Å². The molecule has 0 aliphatic carbocycles. The van der Waals surface area contributed by atoms with E-state index in [0.717, 1.165) is 31.5 Å². The standard InChI is InChI=1S/C20H21N5O5S/c1-12-5-7-16(24(27)28)18(13(12)2)21-20(31)22-19(26)14-6-8-15(17(11-14)25(29)30)23-9-3-4-10-23/h5-8,11H,3-4,9-10H2,1-2H3,(H2,21,22,26,31). The van der Waals surface area contributed by atoms with E-state index in [0.29, 0.717) is 11.3 Å². The fraction of sp³-hybridized carbons (Fsp3) is 0.300. The lowest BCUT2D eigenvalue weighted by Crippen LogP contribution is -2.34. The largest absolute Gasteiger partial charge is 0.366 e. The van der Waals surface area contributed by atoms with Crippen molar-refractivity contribution in [1.82, 2.24) is 5.32 Å².